The van der Waals surface area contributed by atoms with Crippen LogP contribution < -0.4 is 5.46 Å². The Bertz CT molecular complexity index is 464. The summed E-state index contributed by atoms with van der Waals surface area (Å²) >= 11 is 0.168. The van der Waals surface area contributed by atoms with E-state index in [1.807, 2.05) is 24.3 Å². The van der Waals surface area contributed by atoms with Crippen molar-refractivity contribution in [2.24, 2.45) is 0 Å². The van der Waals surface area contributed by atoms with Crippen LogP contribution in [0.1, 0.15) is 9.67 Å². The van der Waals surface area contributed by atoms with Crippen LogP contribution in [0, 0.1) is 0 Å². The topological polar surface area (TPSA) is 37.3 Å². The third-order valence-corrected chi connectivity index (χ3v) is 11.7. The van der Waals surface area contributed by atoms with E-state index in [-0.39, 0.29) is 0 Å². The summed E-state index contributed by atoms with van der Waals surface area (Å²) in [6, 6.07) is 14.1. The Morgan fingerprint density at radius 2 is 1.87 bits per heavy atom. The van der Waals surface area contributed by atoms with Gasteiger partial charge in [-0.15, -0.1) is 0 Å². The number of carboxylic acids is 1. The maximum absolute atomic E-state index is 10.7. The van der Waals surface area contributed by atoms with Gasteiger partial charge in [0.05, 0.1) is 0 Å². The van der Waals surface area contributed by atoms with Crippen molar-refractivity contribution in [3.05, 3.63) is 47.3 Å². The summed E-state index contributed by atoms with van der Waals surface area (Å²) in [4.78, 5) is 11.2. The van der Waals surface area contributed by atoms with E-state index in [0.29, 0.717) is 4.88 Å². The van der Waals surface area contributed by atoms with Gasteiger partial charge in [0.15, 0.2) is 0 Å². The maximum atomic E-state index is 10.7. The van der Waals surface area contributed by atoms with Crippen LogP contribution >= 0.6 is 11.3 Å². The molecule has 0 amide bonds. The Morgan fingerprint density at radius 3 is 2.47 bits per heavy atom. The number of aromatic carboxylic acids is 1. The van der Waals surface area contributed by atoms with Gasteiger partial charge in [-0.3, -0.25) is 0 Å². The molecule has 1 heterocycles. The minimum absolute atomic E-state index is 0.459. The third-order valence-electron chi connectivity index (χ3n) is 2.09. The van der Waals surface area contributed by atoms with E-state index in [2.05, 4.69) is 12.1 Å². The summed E-state index contributed by atoms with van der Waals surface area (Å²) in [5, 5.41) is 8.80. The number of hydrogen-bond acceptors (Lipinski definition) is 2. The van der Waals surface area contributed by atoms with Gasteiger partial charge in [0.2, 0.25) is 0 Å². The molecule has 0 spiro atoms. The van der Waals surface area contributed by atoms with Crippen molar-refractivity contribution in [1.82, 2.24) is 0 Å². The predicted octanol–water partition coefficient (Wildman–Crippen LogP) is 1.48. The summed E-state index contributed by atoms with van der Waals surface area (Å²) in [5.74, 6) is -0.812. The summed E-state index contributed by atoms with van der Waals surface area (Å²) in [6.07, 6.45) is 0. The second-order valence-electron chi connectivity index (χ2n) is 3.23. The molecule has 0 aliphatic carbocycles. The summed E-state index contributed by atoms with van der Waals surface area (Å²) in [7, 11) is 0. The van der Waals surface area contributed by atoms with Crippen molar-refractivity contribution in [2.75, 3.05) is 0 Å². The summed E-state index contributed by atoms with van der Waals surface area (Å²) in [6.45, 7) is 0. The Kier molecular flexibility index (Phi) is 3.54. The average molecular weight is 405 g/mol. The molecule has 1 aromatic carbocycles. The summed E-state index contributed by atoms with van der Waals surface area (Å²) in [5.41, 5.74) is 0. The molecule has 0 aliphatic heterocycles. The third kappa shape index (κ3) is 2.89. The number of hydrogen-bond donors (Lipinski definition) is 1. The van der Waals surface area contributed by atoms with Crippen LogP contribution in [0.4, 0.5) is 0 Å². The normalized spacial score (nSPS) is 9.60. The van der Waals surface area contributed by atoms with Crippen LogP contribution in [0.3, 0.4) is 0 Å². The first kappa shape index (κ1) is 10.8. The molecule has 0 aliphatic rings. The Hall–Kier alpha value is -0.675. The van der Waals surface area contributed by atoms with Gasteiger partial charge in [-0.25, -0.2) is 0 Å². The zero-order valence-corrected chi connectivity index (χ0v) is 14.3. The molecule has 0 saturated heterocycles. The molecule has 15 heavy (non-hydrogen) atoms. The van der Waals surface area contributed by atoms with E-state index >= 15 is 0 Å². The molecule has 2 nitrogen and oxygen atoms in total. The van der Waals surface area contributed by atoms with E-state index in [1.165, 1.54) is 16.8 Å². The fraction of sp³-hybridized carbons (Fsp3) is 0. The van der Waals surface area contributed by atoms with E-state index in [9.17, 15) is 4.79 Å². The van der Waals surface area contributed by atoms with Gasteiger partial charge < -0.3 is 0 Å². The molecule has 2 rings (SSSR count). The van der Waals surface area contributed by atoms with Gasteiger partial charge in [0.1, 0.15) is 0 Å². The molecule has 0 saturated carbocycles. The first-order valence-corrected chi connectivity index (χ1v) is 10.9. The van der Waals surface area contributed by atoms with E-state index < -0.39 is 30.5 Å². The van der Waals surface area contributed by atoms with Crippen LogP contribution in [0.25, 0.3) is 0 Å². The fourth-order valence-corrected chi connectivity index (χ4v) is 10.7. The zero-order valence-electron chi connectivity index (χ0n) is 8.01. The van der Waals surface area contributed by atoms with Crippen LogP contribution in [0.15, 0.2) is 42.5 Å². The van der Waals surface area contributed by atoms with E-state index in [0.717, 1.165) is 0 Å². The molecule has 0 atom stereocenters. The molecule has 72 valence electrons. The van der Waals surface area contributed by atoms with Gasteiger partial charge in [0.25, 0.3) is 0 Å². The molecule has 0 fully saturated rings. The standard InChI is InChI=1S/C6H5.C5H3O2S.Hg/c1-2-4-6-5-3-1;6-5(7)4-2-1-3-8-4;/h1-5H;1-2H,(H,6,7);. The first-order chi connectivity index (χ1) is 7.25. The number of thiophene rings is 1. The number of rotatable bonds is 3. The Balaban J connectivity index is 2.15. The van der Waals surface area contributed by atoms with Crippen LogP contribution in [0.2, 0.25) is 0 Å². The molecule has 2 aromatic rings. The van der Waals surface area contributed by atoms with Gasteiger partial charge >= 0.3 is 105 Å². The molecule has 0 radical (unpaired) electrons. The zero-order chi connectivity index (χ0) is 10.7. The number of carbonyl (C=O) groups is 1. The van der Waals surface area contributed by atoms with Crippen molar-refractivity contribution in [3.63, 3.8) is 0 Å². The molecule has 0 unspecified atom stereocenters. The van der Waals surface area contributed by atoms with Gasteiger partial charge in [0, 0.05) is 0 Å². The van der Waals surface area contributed by atoms with Crippen molar-refractivity contribution >= 4 is 22.8 Å². The van der Waals surface area contributed by atoms with Crippen molar-refractivity contribution in [1.29, 1.82) is 0 Å². The van der Waals surface area contributed by atoms with Crippen molar-refractivity contribution in [3.8, 4) is 0 Å². The Morgan fingerprint density at radius 1 is 1.13 bits per heavy atom. The monoisotopic (exact) mass is 406 g/mol. The molecular formula is C11H8HgO2S. The molecule has 1 N–H and O–H groups in total. The summed E-state index contributed by atoms with van der Waals surface area (Å²) < 4.78 is 2.73. The number of benzene rings is 1. The van der Waals surface area contributed by atoms with E-state index in [4.69, 9.17) is 5.11 Å². The molecular weight excluding hydrogens is 397 g/mol. The van der Waals surface area contributed by atoms with Crippen LogP contribution in [-0.2, 0) is 24.6 Å². The minimum atomic E-state index is -1.27. The second-order valence-corrected chi connectivity index (χ2v) is 13.9. The van der Waals surface area contributed by atoms with Gasteiger partial charge in [-0.1, -0.05) is 0 Å². The van der Waals surface area contributed by atoms with Gasteiger partial charge in [-0.05, 0) is 0 Å². The molecule has 1 aromatic heterocycles. The van der Waals surface area contributed by atoms with Crippen LogP contribution in [0.5, 0.6) is 0 Å². The quantitative estimate of drug-likeness (QED) is 0.787. The van der Waals surface area contributed by atoms with Gasteiger partial charge in [-0.2, -0.15) is 0 Å². The van der Waals surface area contributed by atoms with E-state index in [1.54, 1.807) is 6.07 Å². The SMILES string of the molecule is O=C(O)c1cc[c]([Hg][c]2ccccc2)s1. The number of carboxylic acid groups (broad SMARTS) is 1. The molecule has 0 bridgehead atoms. The van der Waals surface area contributed by atoms with Crippen molar-refractivity contribution in [2.45, 2.75) is 0 Å². The first-order valence-electron chi connectivity index (χ1n) is 4.61. The second kappa shape index (κ2) is 4.90. The average Bonchev–Trinajstić information content (AvgIpc) is 2.68. The predicted molar refractivity (Wildman–Crippen MR) is 57.0 cm³/mol. The van der Waals surface area contributed by atoms with Crippen LogP contribution in [-0.4, -0.2) is 11.1 Å². The Labute approximate surface area is 104 Å². The molecule has 4 heteroatoms. The fourth-order valence-electron chi connectivity index (χ4n) is 1.38. The van der Waals surface area contributed by atoms with Crippen molar-refractivity contribution < 1.29 is 34.5 Å².